The molecule has 242 valence electrons. The van der Waals surface area contributed by atoms with Crippen molar-refractivity contribution in [2.75, 3.05) is 33.3 Å². The molecule has 1 N–H and O–H groups in total. The predicted octanol–water partition coefficient (Wildman–Crippen LogP) is 5.89. The normalized spacial score (nSPS) is 26.9. The van der Waals surface area contributed by atoms with Gasteiger partial charge in [0.25, 0.3) is 0 Å². The molecular weight excluding hydrogens is 576 g/mol. The van der Waals surface area contributed by atoms with E-state index in [1.54, 1.807) is 9.80 Å². The van der Waals surface area contributed by atoms with Crippen LogP contribution in [0.1, 0.15) is 62.5 Å². The molecule has 6 rings (SSSR count). The minimum Gasteiger partial charge on any atom is -0.481 e. The average Bonchev–Trinajstić information content (AvgIpc) is 3.68. The molecular formula is C35H44N2O8. The first-order valence-electron chi connectivity index (χ1n) is 16.0. The van der Waals surface area contributed by atoms with Crippen LogP contribution >= 0.6 is 0 Å². The molecule has 4 atom stereocenters. The Morgan fingerprint density at radius 2 is 1.16 bits per heavy atom. The van der Waals surface area contributed by atoms with Crippen LogP contribution in [0.4, 0.5) is 9.59 Å². The summed E-state index contributed by atoms with van der Waals surface area (Å²) in [5.41, 5.74) is 0.600. The summed E-state index contributed by atoms with van der Waals surface area (Å²) in [6.07, 6.45) is 6.66. The molecule has 2 saturated carbocycles. The fourth-order valence-electron chi connectivity index (χ4n) is 7.70. The van der Waals surface area contributed by atoms with Crippen molar-refractivity contribution in [2.24, 2.45) is 22.7 Å². The van der Waals surface area contributed by atoms with E-state index in [1.807, 2.05) is 60.7 Å². The molecule has 4 fully saturated rings. The summed E-state index contributed by atoms with van der Waals surface area (Å²) in [5, 5.41) is 9.63. The van der Waals surface area contributed by atoms with Crippen molar-refractivity contribution in [1.82, 2.24) is 9.80 Å². The molecule has 2 aliphatic heterocycles. The number of methoxy groups -OCH3 is 1. The van der Waals surface area contributed by atoms with E-state index in [9.17, 15) is 24.3 Å². The van der Waals surface area contributed by atoms with Crippen LogP contribution in [0.2, 0.25) is 0 Å². The molecule has 2 aliphatic carbocycles. The molecule has 2 amide bonds. The monoisotopic (exact) mass is 620 g/mol. The Morgan fingerprint density at radius 1 is 0.711 bits per heavy atom. The van der Waals surface area contributed by atoms with Gasteiger partial charge in [-0.3, -0.25) is 9.59 Å². The third-order valence-corrected chi connectivity index (χ3v) is 10.2. The molecule has 2 saturated heterocycles. The standard InChI is InChI=1S/C18H23NO4.C17H21NO4/c1-22-16(20)18-10-6-5-9-15(18)11-19(13-18)17(21)23-12-14-7-3-2-4-8-14;19-15(20)17-9-5-4-8-14(17)10-18(12-17)16(21)22-11-13-6-2-1-3-7-13/h2-4,7-8,15H,5-6,9-13H2,1H3;1-3,6-7,14H,4-5,8-12H2,(H,19,20). The van der Waals surface area contributed by atoms with Crippen LogP contribution in [0.25, 0.3) is 0 Å². The van der Waals surface area contributed by atoms with E-state index in [2.05, 4.69) is 0 Å². The number of rotatable bonds is 6. The predicted molar refractivity (Wildman–Crippen MR) is 165 cm³/mol. The maximum Gasteiger partial charge on any atom is 0.410 e. The summed E-state index contributed by atoms with van der Waals surface area (Å²) in [5.74, 6) is -0.702. The Morgan fingerprint density at radius 3 is 1.60 bits per heavy atom. The fourth-order valence-corrected chi connectivity index (χ4v) is 7.70. The molecule has 45 heavy (non-hydrogen) atoms. The molecule has 0 spiro atoms. The molecule has 10 heteroatoms. The average molecular weight is 621 g/mol. The summed E-state index contributed by atoms with van der Waals surface area (Å²) >= 11 is 0. The summed E-state index contributed by atoms with van der Waals surface area (Å²) in [7, 11) is 1.43. The van der Waals surface area contributed by atoms with E-state index >= 15 is 0 Å². The Hall–Kier alpha value is -4.08. The molecule has 2 heterocycles. The van der Waals surface area contributed by atoms with E-state index in [-0.39, 0.29) is 43.7 Å². The van der Waals surface area contributed by atoms with E-state index in [4.69, 9.17) is 14.2 Å². The molecule has 2 aromatic carbocycles. The van der Waals surface area contributed by atoms with Gasteiger partial charge >= 0.3 is 24.1 Å². The number of likely N-dealkylation sites (tertiary alicyclic amines) is 2. The van der Waals surface area contributed by atoms with Crippen molar-refractivity contribution in [3.8, 4) is 0 Å². The van der Waals surface area contributed by atoms with Gasteiger partial charge in [0.05, 0.1) is 17.9 Å². The van der Waals surface area contributed by atoms with Gasteiger partial charge in [0.1, 0.15) is 13.2 Å². The quantitative estimate of drug-likeness (QED) is 0.314. The van der Waals surface area contributed by atoms with Crippen LogP contribution < -0.4 is 0 Å². The number of carboxylic acid groups (broad SMARTS) is 1. The van der Waals surface area contributed by atoms with Crippen molar-refractivity contribution >= 4 is 24.1 Å². The van der Waals surface area contributed by atoms with E-state index in [0.29, 0.717) is 26.1 Å². The maximum atomic E-state index is 12.4. The SMILES string of the molecule is COC(=O)C12CCCCC1CN(C(=O)OCc1ccccc1)C2.O=C(OCc1ccccc1)N1CC2CCCCC2(C(=O)O)C1. The van der Waals surface area contributed by atoms with Gasteiger partial charge < -0.3 is 29.1 Å². The highest BCUT2D eigenvalue weighted by Crippen LogP contribution is 2.48. The number of carboxylic acids is 1. The second-order valence-corrected chi connectivity index (χ2v) is 12.8. The zero-order chi connectivity index (χ0) is 31.9. The van der Waals surface area contributed by atoms with Gasteiger partial charge in [-0.2, -0.15) is 0 Å². The highest BCUT2D eigenvalue weighted by Gasteiger charge is 2.56. The van der Waals surface area contributed by atoms with E-state index in [0.717, 1.165) is 56.1 Å². The number of ether oxygens (including phenoxy) is 3. The van der Waals surface area contributed by atoms with Crippen molar-refractivity contribution < 1.29 is 38.5 Å². The number of amides is 2. The summed E-state index contributed by atoms with van der Waals surface area (Å²) < 4.78 is 15.8. The lowest BCUT2D eigenvalue weighted by atomic mass is 9.68. The van der Waals surface area contributed by atoms with Crippen molar-refractivity contribution in [1.29, 1.82) is 0 Å². The minimum absolute atomic E-state index is 0.0584. The van der Waals surface area contributed by atoms with Gasteiger partial charge in [-0.05, 0) is 48.6 Å². The first-order chi connectivity index (χ1) is 21.8. The number of carbonyl (C=O) groups is 4. The van der Waals surface area contributed by atoms with Gasteiger partial charge in [0.15, 0.2) is 0 Å². The van der Waals surface area contributed by atoms with Crippen molar-refractivity contribution in [3.05, 3.63) is 71.8 Å². The second-order valence-electron chi connectivity index (χ2n) is 12.8. The summed E-state index contributed by atoms with van der Waals surface area (Å²) in [6.45, 7) is 2.26. The highest BCUT2D eigenvalue weighted by atomic mass is 16.6. The summed E-state index contributed by atoms with van der Waals surface area (Å²) in [4.78, 5) is 51.9. The van der Waals surface area contributed by atoms with Crippen LogP contribution in [0, 0.1) is 22.7 Å². The van der Waals surface area contributed by atoms with Gasteiger partial charge in [-0.15, -0.1) is 0 Å². The maximum absolute atomic E-state index is 12.4. The molecule has 4 unspecified atom stereocenters. The van der Waals surface area contributed by atoms with Crippen LogP contribution in [-0.2, 0) is 37.0 Å². The van der Waals surface area contributed by atoms with Gasteiger partial charge in [0, 0.05) is 26.2 Å². The van der Waals surface area contributed by atoms with Gasteiger partial charge in [-0.25, -0.2) is 9.59 Å². The molecule has 2 aromatic rings. The van der Waals surface area contributed by atoms with Gasteiger partial charge in [-0.1, -0.05) is 86.3 Å². The number of fused-ring (bicyclic) bond motifs is 2. The third-order valence-electron chi connectivity index (χ3n) is 10.2. The smallest absolute Gasteiger partial charge is 0.410 e. The Kier molecular flexibility index (Phi) is 10.3. The number of nitrogens with zero attached hydrogens (tertiary/aromatic N) is 2. The van der Waals surface area contributed by atoms with Crippen molar-refractivity contribution in [3.63, 3.8) is 0 Å². The number of carbonyl (C=O) groups excluding carboxylic acids is 3. The number of esters is 1. The minimum atomic E-state index is -0.768. The largest absolute Gasteiger partial charge is 0.481 e. The van der Waals surface area contributed by atoms with Crippen LogP contribution in [0.15, 0.2) is 60.7 Å². The molecule has 0 radical (unpaired) electrons. The van der Waals surface area contributed by atoms with Gasteiger partial charge in [0.2, 0.25) is 0 Å². The molecule has 0 bridgehead atoms. The van der Waals surface area contributed by atoms with Crippen molar-refractivity contribution in [2.45, 2.75) is 64.6 Å². The zero-order valence-electron chi connectivity index (χ0n) is 26.0. The third kappa shape index (κ3) is 7.10. The van der Waals surface area contributed by atoms with E-state index < -0.39 is 22.9 Å². The lowest BCUT2D eigenvalue weighted by Crippen LogP contribution is -2.42. The topological polar surface area (TPSA) is 123 Å². The first kappa shape index (κ1) is 32.3. The molecule has 4 aliphatic rings. The highest BCUT2D eigenvalue weighted by molar-refractivity contribution is 5.80. The lowest BCUT2D eigenvalue weighted by molar-refractivity contribution is -0.156. The number of benzene rings is 2. The number of aliphatic carboxylic acids is 1. The van der Waals surface area contributed by atoms with Crippen LogP contribution in [-0.4, -0.2) is 72.3 Å². The Balaban J connectivity index is 0.000000178. The molecule has 0 aromatic heterocycles. The second kappa shape index (κ2) is 14.3. The zero-order valence-corrected chi connectivity index (χ0v) is 26.0. The Labute approximate surface area is 264 Å². The molecule has 10 nitrogen and oxygen atoms in total. The first-order valence-corrected chi connectivity index (χ1v) is 16.0. The summed E-state index contributed by atoms with van der Waals surface area (Å²) in [6, 6.07) is 19.1. The van der Waals surface area contributed by atoms with Crippen LogP contribution in [0.5, 0.6) is 0 Å². The van der Waals surface area contributed by atoms with E-state index in [1.165, 1.54) is 7.11 Å². The number of hydrogen-bond acceptors (Lipinski definition) is 7. The van der Waals surface area contributed by atoms with Crippen LogP contribution in [0.3, 0.4) is 0 Å². The fraction of sp³-hybridized carbons (Fsp3) is 0.543. The Bertz CT molecular complexity index is 1340. The number of hydrogen-bond donors (Lipinski definition) is 1. The lowest BCUT2D eigenvalue weighted by Gasteiger charge is -2.35.